The molecular weight excluding hydrogens is 412 g/mol. The fraction of sp³-hybridized carbons (Fsp3) is 0.556. The summed E-state index contributed by atoms with van der Waals surface area (Å²) >= 11 is 0. The van der Waals surface area contributed by atoms with Crippen molar-refractivity contribution in [1.82, 2.24) is 20.6 Å². The summed E-state index contributed by atoms with van der Waals surface area (Å²) in [7, 11) is 0. The molecule has 2 heterocycles. The molecule has 2 fully saturated rings. The van der Waals surface area contributed by atoms with Gasteiger partial charge >= 0.3 is 0 Å². The second kappa shape index (κ2) is 9.24. The van der Waals surface area contributed by atoms with Crippen LogP contribution in [0.2, 0.25) is 0 Å². The van der Waals surface area contributed by atoms with Crippen molar-refractivity contribution in [3.8, 4) is 0 Å². The van der Waals surface area contributed by atoms with Gasteiger partial charge in [-0.3, -0.25) is 19.6 Å². The summed E-state index contributed by atoms with van der Waals surface area (Å²) in [5, 5.41) is 6.51. The van der Waals surface area contributed by atoms with Crippen LogP contribution >= 0.6 is 0 Å². The molecule has 6 nitrogen and oxygen atoms in total. The van der Waals surface area contributed by atoms with E-state index in [2.05, 4.69) is 48.3 Å². The van der Waals surface area contributed by atoms with Gasteiger partial charge in [0.15, 0.2) is 0 Å². The van der Waals surface area contributed by atoms with Crippen molar-refractivity contribution in [2.75, 3.05) is 6.54 Å². The first-order chi connectivity index (χ1) is 15.7. The smallest absolute Gasteiger partial charge is 0.253 e. The lowest BCUT2D eigenvalue weighted by molar-refractivity contribution is -0.102. The quantitative estimate of drug-likeness (QED) is 0.706. The average molecular weight is 449 g/mol. The molecule has 0 bridgehead atoms. The van der Waals surface area contributed by atoms with Crippen LogP contribution in [-0.2, 0) is 0 Å². The summed E-state index contributed by atoms with van der Waals surface area (Å²) in [5.74, 6) is 0.794. The minimum Gasteiger partial charge on any atom is -0.352 e. The number of carbonyl (C=O) groups is 2. The van der Waals surface area contributed by atoms with E-state index in [4.69, 9.17) is 0 Å². The van der Waals surface area contributed by atoms with Gasteiger partial charge in [-0.25, -0.2) is 0 Å². The molecule has 5 atom stereocenters. The van der Waals surface area contributed by atoms with Crippen molar-refractivity contribution in [2.45, 2.75) is 59.4 Å². The molecule has 0 saturated heterocycles. The Morgan fingerprint density at radius 2 is 1.64 bits per heavy atom. The highest BCUT2D eigenvalue weighted by Crippen LogP contribution is 2.60. The molecule has 0 aliphatic heterocycles. The zero-order valence-corrected chi connectivity index (χ0v) is 20.2. The number of hydrogen-bond donors (Lipinski definition) is 2. The van der Waals surface area contributed by atoms with Crippen LogP contribution < -0.4 is 10.6 Å². The van der Waals surface area contributed by atoms with E-state index in [0.29, 0.717) is 23.6 Å². The number of fused-ring (bicyclic) bond motifs is 1. The van der Waals surface area contributed by atoms with Gasteiger partial charge in [-0.2, -0.15) is 0 Å². The van der Waals surface area contributed by atoms with Gasteiger partial charge in [0.2, 0.25) is 0 Å². The Morgan fingerprint density at radius 1 is 1.00 bits per heavy atom. The Morgan fingerprint density at radius 3 is 2.24 bits per heavy atom. The van der Waals surface area contributed by atoms with Crippen LogP contribution in [0.4, 0.5) is 0 Å². The topological polar surface area (TPSA) is 84.0 Å². The Hall–Kier alpha value is -2.76. The maximum absolute atomic E-state index is 13.0. The molecule has 0 radical (unpaired) electrons. The van der Waals surface area contributed by atoms with E-state index < -0.39 is 0 Å². The number of amides is 2. The van der Waals surface area contributed by atoms with E-state index in [1.54, 1.807) is 49.1 Å². The summed E-state index contributed by atoms with van der Waals surface area (Å²) in [4.78, 5) is 34.0. The van der Waals surface area contributed by atoms with Gasteiger partial charge in [-0.05, 0) is 72.1 Å². The van der Waals surface area contributed by atoms with E-state index in [9.17, 15) is 9.59 Å². The van der Waals surface area contributed by atoms with E-state index in [1.807, 2.05) is 0 Å². The van der Waals surface area contributed by atoms with Crippen LogP contribution in [0.1, 0.15) is 74.1 Å². The minimum atomic E-state index is -0.0907. The summed E-state index contributed by atoms with van der Waals surface area (Å²) in [6.45, 7) is 9.98. The van der Waals surface area contributed by atoms with Gasteiger partial charge in [-0.1, -0.05) is 34.1 Å². The number of pyridine rings is 2. The standard InChI is InChI=1S/C27H36N4O2/c1-18-21(17-30-24(32)19-8-5-12-28-15-19)27(4)11-7-10-26(2,3)23(27)14-22(18)31-25(33)20-9-6-13-29-16-20/h5-6,8-9,12-13,15-16,18,21-23H,7,10-11,14,17H2,1-4H3,(H,30,32)(H,31,33). The molecule has 2 aromatic heterocycles. The lowest BCUT2D eigenvalue weighted by Crippen LogP contribution is -2.60. The lowest BCUT2D eigenvalue weighted by Gasteiger charge is -2.61. The molecule has 2 aliphatic carbocycles. The summed E-state index contributed by atoms with van der Waals surface area (Å²) in [6.07, 6.45) is 11.1. The molecular formula is C27H36N4O2. The predicted molar refractivity (Wildman–Crippen MR) is 129 cm³/mol. The molecule has 2 aromatic rings. The Kier molecular flexibility index (Phi) is 6.55. The highest BCUT2D eigenvalue weighted by molar-refractivity contribution is 5.94. The van der Waals surface area contributed by atoms with Gasteiger partial charge in [0.05, 0.1) is 11.1 Å². The number of hydrogen-bond acceptors (Lipinski definition) is 4. The van der Waals surface area contributed by atoms with E-state index in [0.717, 1.165) is 12.8 Å². The summed E-state index contributed by atoms with van der Waals surface area (Å²) in [5.41, 5.74) is 1.46. The second-order valence-corrected chi connectivity index (χ2v) is 10.9. The van der Waals surface area contributed by atoms with Crippen molar-refractivity contribution in [3.05, 3.63) is 60.2 Å². The van der Waals surface area contributed by atoms with Gasteiger partial charge in [-0.15, -0.1) is 0 Å². The molecule has 33 heavy (non-hydrogen) atoms. The van der Waals surface area contributed by atoms with Crippen molar-refractivity contribution in [2.24, 2.45) is 28.6 Å². The normalized spacial score (nSPS) is 30.7. The zero-order valence-electron chi connectivity index (χ0n) is 20.2. The lowest BCUT2D eigenvalue weighted by atomic mass is 9.45. The molecule has 5 unspecified atom stereocenters. The summed E-state index contributed by atoms with van der Waals surface area (Å²) < 4.78 is 0. The van der Waals surface area contributed by atoms with Crippen LogP contribution in [0.15, 0.2) is 49.1 Å². The molecule has 4 rings (SSSR count). The van der Waals surface area contributed by atoms with Crippen LogP contribution in [0.3, 0.4) is 0 Å². The first-order valence-electron chi connectivity index (χ1n) is 12.1. The highest BCUT2D eigenvalue weighted by Gasteiger charge is 2.56. The highest BCUT2D eigenvalue weighted by atomic mass is 16.2. The second-order valence-electron chi connectivity index (χ2n) is 10.9. The molecule has 2 N–H and O–H groups in total. The third-order valence-electron chi connectivity index (χ3n) is 8.53. The third kappa shape index (κ3) is 4.66. The van der Waals surface area contributed by atoms with Crippen molar-refractivity contribution >= 4 is 11.8 Å². The molecule has 2 saturated carbocycles. The minimum absolute atomic E-state index is 0.0495. The van der Waals surface area contributed by atoms with Crippen molar-refractivity contribution in [1.29, 1.82) is 0 Å². The zero-order chi connectivity index (χ0) is 23.6. The average Bonchev–Trinajstić information content (AvgIpc) is 2.80. The van der Waals surface area contributed by atoms with Crippen LogP contribution in [-0.4, -0.2) is 34.4 Å². The van der Waals surface area contributed by atoms with Crippen molar-refractivity contribution in [3.63, 3.8) is 0 Å². The van der Waals surface area contributed by atoms with Crippen LogP contribution in [0, 0.1) is 28.6 Å². The number of rotatable bonds is 5. The number of aromatic nitrogens is 2. The molecule has 176 valence electrons. The Bertz CT molecular complexity index is 978. The maximum atomic E-state index is 13.0. The van der Waals surface area contributed by atoms with E-state index in [1.165, 1.54) is 12.8 Å². The van der Waals surface area contributed by atoms with Gasteiger partial charge < -0.3 is 10.6 Å². The SMILES string of the molecule is CC1C(NC(=O)c2cccnc2)CC2C(C)(C)CCCC2(C)C1CNC(=O)c1cccnc1. The van der Waals surface area contributed by atoms with E-state index in [-0.39, 0.29) is 40.5 Å². The van der Waals surface area contributed by atoms with Crippen LogP contribution in [0.25, 0.3) is 0 Å². The number of carbonyl (C=O) groups excluding carboxylic acids is 2. The number of nitrogens with one attached hydrogen (secondary N) is 2. The van der Waals surface area contributed by atoms with Gasteiger partial charge in [0.1, 0.15) is 0 Å². The molecule has 2 amide bonds. The molecule has 0 aromatic carbocycles. The Labute approximate surface area is 197 Å². The largest absolute Gasteiger partial charge is 0.352 e. The fourth-order valence-electron chi connectivity index (χ4n) is 6.71. The molecule has 2 aliphatic rings. The predicted octanol–water partition coefficient (Wildman–Crippen LogP) is 4.49. The first kappa shape index (κ1) is 23.4. The summed E-state index contributed by atoms with van der Waals surface area (Å²) in [6, 6.07) is 7.21. The van der Waals surface area contributed by atoms with Crippen LogP contribution in [0.5, 0.6) is 0 Å². The number of nitrogens with zero attached hydrogens (tertiary/aromatic N) is 2. The fourth-order valence-corrected chi connectivity index (χ4v) is 6.71. The third-order valence-corrected chi connectivity index (χ3v) is 8.53. The molecule has 6 heteroatoms. The maximum Gasteiger partial charge on any atom is 0.253 e. The van der Waals surface area contributed by atoms with Crippen molar-refractivity contribution < 1.29 is 9.59 Å². The molecule has 0 spiro atoms. The Balaban J connectivity index is 1.57. The monoisotopic (exact) mass is 448 g/mol. The first-order valence-corrected chi connectivity index (χ1v) is 12.1. The van der Waals surface area contributed by atoms with E-state index >= 15 is 0 Å². The van der Waals surface area contributed by atoms with Gasteiger partial charge in [0, 0.05) is 37.4 Å². The van der Waals surface area contributed by atoms with Gasteiger partial charge in [0.25, 0.3) is 11.8 Å².